The van der Waals surface area contributed by atoms with Crippen LogP contribution in [-0.2, 0) is 0 Å². The van der Waals surface area contributed by atoms with Crippen molar-refractivity contribution in [1.82, 2.24) is 15.2 Å². The third-order valence-electron chi connectivity index (χ3n) is 3.25. The van der Waals surface area contributed by atoms with Crippen molar-refractivity contribution >= 4 is 5.91 Å². The number of piperidine rings is 1. The lowest BCUT2D eigenvalue weighted by Crippen LogP contribution is -2.42. The van der Waals surface area contributed by atoms with Gasteiger partial charge in [-0.2, -0.15) is 0 Å². The fourth-order valence-corrected chi connectivity index (χ4v) is 2.42. The molecule has 1 amide bonds. The summed E-state index contributed by atoms with van der Waals surface area (Å²) in [6.07, 6.45) is 4.66. The number of halogens is 1. The molecule has 1 N–H and O–H groups in total. The lowest BCUT2D eigenvalue weighted by atomic mass is 9.97. The molecule has 1 aromatic rings. The highest BCUT2D eigenvalue weighted by atomic mass is 19.1. The van der Waals surface area contributed by atoms with Crippen LogP contribution in [-0.4, -0.2) is 42.5 Å². The van der Waals surface area contributed by atoms with Crippen LogP contribution in [0.2, 0.25) is 0 Å². The molecule has 2 heterocycles. The zero-order valence-corrected chi connectivity index (χ0v) is 10.5. The zero-order valence-electron chi connectivity index (χ0n) is 10.5. The Balaban J connectivity index is 2.04. The van der Waals surface area contributed by atoms with Gasteiger partial charge in [0.05, 0.1) is 11.8 Å². The molecule has 1 fully saturated rings. The Kier molecular flexibility index (Phi) is 4.25. The van der Waals surface area contributed by atoms with Crippen molar-refractivity contribution in [2.24, 2.45) is 5.92 Å². The molecule has 1 atom stereocenters. The van der Waals surface area contributed by atoms with Crippen molar-refractivity contribution in [2.45, 2.75) is 12.8 Å². The highest BCUT2D eigenvalue weighted by Crippen LogP contribution is 2.18. The van der Waals surface area contributed by atoms with Crippen LogP contribution in [0, 0.1) is 11.7 Å². The van der Waals surface area contributed by atoms with E-state index in [1.165, 1.54) is 12.3 Å². The van der Waals surface area contributed by atoms with E-state index in [1.54, 1.807) is 4.90 Å². The summed E-state index contributed by atoms with van der Waals surface area (Å²) >= 11 is 0. The van der Waals surface area contributed by atoms with E-state index < -0.39 is 5.82 Å². The van der Waals surface area contributed by atoms with E-state index in [0.29, 0.717) is 11.5 Å². The normalized spacial score (nSPS) is 19.9. The van der Waals surface area contributed by atoms with Crippen LogP contribution in [0.4, 0.5) is 4.39 Å². The van der Waals surface area contributed by atoms with E-state index in [1.807, 2.05) is 7.05 Å². The Labute approximate surface area is 106 Å². The van der Waals surface area contributed by atoms with Gasteiger partial charge in [0.1, 0.15) is 5.82 Å². The maximum Gasteiger partial charge on any atom is 0.255 e. The molecule has 1 aliphatic rings. The Morgan fingerprint density at radius 3 is 3.17 bits per heavy atom. The summed E-state index contributed by atoms with van der Waals surface area (Å²) in [6.45, 7) is 2.39. The van der Waals surface area contributed by atoms with E-state index >= 15 is 0 Å². The maximum absolute atomic E-state index is 13.0. The molecule has 5 heteroatoms. The van der Waals surface area contributed by atoms with Gasteiger partial charge < -0.3 is 10.2 Å². The molecule has 0 spiro atoms. The molecule has 0 aromatic carbocycles. The number of nitrogens with zero attached hydrogens (tertiary/aromatic N) is 2. The minimum atomic E-state index is -0.468. The van der Waals surface area contributed by atoms with Crippen molar-refractivity contribution in [1.29, 1.82) is 0 Å². The summed E-state index contributed by atoms with van der Waals surface area (Å²) in [4.78, 5) is 17.7. The zero-order chi connectivity index (χ0) is 13.0. The number of aromatic nitrogens is 1. The number of likely N-dealkylation sites (tertiary alicyclic amines) is 1. The standard InChI is InChI=1S/C13H18FN3O/c1-15-6-10-3-2-4-17(9-10)13(18)11-5-12(14)8-16-7-11/h5,7-8,10,15H,2-4,6,9H2,1H3. The monoisotopic (exact) mass is 251 g/mol. The molecule has 0 saturated carbocycles. The number of hydrogen-bond acceptors (Lipinski definition) is 3. The van der Waals surface area contributed by atoms with Crippen LogP contribution in [0.3, 0.4) is 0 Å². The van der Waals surface area contributed by atoms with Crippen LogP contribution in [0.15, 0.2) is 18.5 Å². The van der Waals surface area contributed by atoms with Gasteiger partial charge in [-0.15, -0.1) is 0 Å². The quantitative estimate of drug-likeness (QED) is 0.880. The second-order valence-electron chi connectivity index (χ2n) is 4.71. The van der Waals surface area contributed by atoms with Gasteiger partial charge in [0, 0.05) is 19.3 Å². The molecule has 0 radical (unpaired) electrons. The predicted molar refractivity (Wildman–Crippen MR) is 66.7 cm³/mol. The van der Waals surface area contributed by atoms with E-state index in [-0.39, 0.29) is 5.91 Å². The van der Waals surface area contributed by atoms with Crippen LogP contribution in [0.25, 0.3) is 0 Å². The van der Waals surface area contributed by atoms with E-state index in [9.17, 15) is 9.18 Å². The fourth-order valence-electron chi connectivity index (χ4n) is 2.42. The molecule has 1 aliphatic heterocycles. The Morgan fingerprint density at radius 1 is 1.61 bits per heavy atom. The average Bonchev–Trinajstić information content (AvgIpc) is 2.39. The molecule has 0 aliphatic carbocycles. The van der Waals surface area contributed by atoms with Crippen LogP contribution >= 0.6 is 0 Å². The average molecular weight is 251 g/mol. The lowest BCUT2D eigenvalue weighted by molar-refractivity contribution is 0.0673. The first-order chi connectivity index (χ1) is 8.70. The summed E-state index contributed by atoms with van der Waals surface area (Å²) in [5, 5.41) is 3.14. The summed E-state index contributed by atoms with van der Waals surface area (Å²) in [7, 11) is 1.91. The number of amides is 1. The van der Waals surface area contributed by atoms with E-state index in [0.717, 1.165) is 38.7 Å². The summed E-state index contributed by atoms with van der Waals surface area (Å²) in [5.41, 5.74) is 0.333. The molecule has 4 nitrogen and oxygen atoms in total. The van der Waals surface area contributed by atoms with Gasteiger partial charge >= 0.3 is 0 Å². The minimum absolute atomic E-state index is 0.122. The molecule has 1 saturated heterocycles. The van der Waals surface area contributed by atoms with Crippen LogP contribution < -0.4 is 5.32 Å². The Hall–Kier alpha value is -1.49. The van der Waals surface area contributed by atoms with E-state index in [2.05, 4.69) is 10.3 Å². The second-order valence-corrected chi connectivity index (χ2v) is 4.71. The lowest BCUT2D eigenvalue weighted by Gasteiger charge is -2.32. The molecule has 1 unspecified atom stereocenters. The highest BCUT2D eigenvalue weighted by Gasteiger charge is 2.24. The summed E-state index contributed by atoms with van der Waals surface area (Å²) in [6, 6.07) is 1.25. The smallest absolute Gasteiger partial charge is 0.255 e. The van der Waals surface area contributed by atoms with Gasteiger partial charge in [0.25, 0.3) is 5.91 Å². The molecule has 18 heavy (non-hydrogen) atoms. The highest BCUT2D eigenvalue weighted by molar-refractivity contribution is 5.93. The van der Waals surface area contributed by atoms with Crippen LogP contribution in [0.1, 0.15) is 23.2 Å². The van der Waals surface area contributed by atoms with Crippen molar-refractivity contribution < 1.29 is 9.18 Å². The molecule has 98 valence electrons. The first kappa shape index (κ1) is 13.0. The number of hydrogen-bond donors (Lipinski definition) is 1. The molecular formula is C13H18FN3O. The van der Waals surface area contributed by atoms with Gasteiger partial charge in [0.2, 0.25) is 0 Å². The second kappa shape index (κ2) is 5.91. The summed E-state index contributed by atoms with van der Waals surface area (Å²) < 4.78 is 13.0. The number of rotatable bonds is 3. The fraction of sp³-hybridized carbons (Fsp3) is 0.538. The molecule has 2 rings (SSSR count). The van der Waals surface area contributed by atoms with Crippen LogP contribution in [0.5, 0.6) is 0 Å². The van der Waals surface area contributed by atoms with Crippen molar-refractivity contribution in [3.8, 4) is 0 Å². The summed E-state index contributed by atoms with van der Waals surface area (Å²) in [5.74, 6) is -0.110. The molecular weight excluding hydrogens is 233 g/mol. The van der Waals surface area contributed by atoms with E-state index in [4.69, 9.17) is 0 Å². The van der Waals surface area contributed by atoms with Gasteiger partial charge in [0.15, 0.2) is 0 Å². The first-order valence-electron chi connectivity index (χ1n) is 6.25. The van der Waals surface area contributed by atoms with Crippen molar-refractivity contribution in [3.05, 3.63) is 29.8 Å². The third-order valence-corrected chi connectivity index (χ3v) is 3.25. The molecule has 0 bridgehead atoms. The van der Waals surface area contributed by atoms with Gasteiger partial charge in [-0.25, -0.2) is 4.39 Å². The Morgan fingerprint density at radius 2 is 2.44 bits per heavy atom. The first-order valence-corrected chi connectivity index (χ1v) is 6.25. The Bertz CT molecular complexity index is 422. The van der Waals surface area contributed by atoms with Gasteiger partial charge in [-0.3, -0.25) is 9.78 Å². The number of nitrogens with one attached hydrogen (secondary N) is 1. The van der Waals surface area contributed by atoms with Crippen molar-refractivity contribution in [2.75, 3.05) is 26.7 Å². The SMILES string of the molecule is CNCC1CCCN(C(=O)c2cncc(F)c2)C1. The third kappa shape index (κ3) is 3.04. The largest absolute Gasteiger partial charge is 0.338 e. The minimum Gasteiger partial charge on any atom is -0.338 e. The maximum atomic E-state index is 13.0. The van der Waals surface area contributed by atoms with Gasteiger partial charge in [-0.05, 0) is 38.4 Å². The number of carbonyl (C=O) groups excluding carboxylic acids is 1. The number of carbonyl (C=O) groups is 1. The topological polar surface area (TPSA) is 45.2 Å². The molecule has 1 aromatic heterocycles. The number of pyridine rings is 1. The van der Waals surface area contributed by atoms with Gasteiger partial charge in [-0.1, -0.05) is 0 Å². The van der Waals surface area contributed by atoms with Crippen molar-refractivity contribution in [3.63, 3.8) is 0 Å². The predicted octanol–water partition coefficient (Wildman–Crippen LogP) is 1.29.